The molecule has 6 heteroatoms. The lowest BCUT2D eigenvalue weighted by atomic mass is 10.1. The maximum Gasteiger partial charge on any atom is 0.342 e. The fourth-order valence-corrected chi connectivity index (χ4v) is 2.82. The SMILES string of the molecule is O=[N+]([O-])c1sc(Cc2ccc(Cl)cc2)cc1Cl. The van der Waals surface area contributed by atoms with Crippen molar-refractivity contribution in [3.8, 4) is 0 Å². The van der Waals surface area contributed by atoms with Crippen molar-refractivity contribution in [2.45, 2.75) is 6.42 Å². The standard InChI is InChI=1S/C11H7Cl2NO2S/c12-8-3-1-7(2-4-8)5-9-6-10(13)11(17-9)14(15)16/h1-4,6H,5H2. The van der Waals surface area contributed by atoms with E-state index in [0.717, 1.165) is 21.8 Å². The van der Waals surface area contributed by atoms with Crippen molar-refractivity contribution in [1.29, 1.82) is 0 Å². The van der Waals surface area contributed by atoms with Crippen LogP contribution in [-0.2, 0) is 6.42 Å². The zero-order chi connectivity index (χ0) is 12.4. The predicted octanol–water partition coefficient (Wildman–Crippen LogP) is 4.55. The molecule has 1 aromatic carbocycles. The van der Waals surface area contributed by atoms with Gasteiger partial charge in [0.25, 0.3) is 0 Å². The van der Waals surface area contributed by atoms with Gasteiger partial charge in [0.15, 0.2) is 0 Å². The molecule has 0 aliphatic heterocycles. The summed E-state index contributed by atoms with van der Waals surface area (Å²) in [6, 6.07) is 9.00. The second-order valence-corrected chi connectivity index (χ2v) is 5.38. The Morgan fingerprint density at radius 3 is 2.41 bits per heavy atom. The Bertz CT molecular complexity index is 551. The Kier molecular flexibility index (Phi) is 3.66. The van der Waals surface area contributed by atoms with E-state index in [0.29, 0.717) is 11.4 Å². The van der Waals surface area contributed by atoms with Gasteiger partial charge in [-0.1, -0.05) is 46.7 Å². The van der Waals surface area contributed by atoms with Crippen molar-refractivity contribution in [3.63, 3.8) is 0 Å². The first kappa shape index (κ1) is 12.4. The highest BCUT2D eigenvalue weighted by Crippen LogP contribution is 2.35. The molecule has 2 aromatic rings. The van der Waals surface area contributed by atoms with E-state index in [9.17, 15) is 10.1 Å². The molecule has 0 unspecified atom stereocenters. The Labute approximate surface area is 112 Å². The maximum absolute atomic E-state index is 10.6. The number of hydrogen-bond acceptors (Lipinski definition) is 3. The third-order valence-corrected chi connectivity index (χ3v) is 3.92. The number of nitrogens with zero attached hydrogens (tertiary/aromatic N) is 1. The lowest BCUT2D eigenvalue weighted by Gasteiger charge is -1.97. The predicted molar refractivity (Wildman–Crippen MR) is 70.2 cm³/mol. The minimum Gasteiger partial charge on any atom is -0.257 e. The summed E-state index contributed by atoms with van der Waals surface area (Å²) in [6.45, 7) is 0. The Balaban J connectivity index is 2.22. The first-order valence-corrected chi connectivity index (χ1v) is 6.30. The molecule has 0 saturated heterocycles. The summed E-state index contributed by atoms with van der Waals surface area (Å²) < 4.78 is 0. The van der Waals surface area contributed by atoms with Crippen LogP contribution in [0.15, 0.2) is 30.3 Å². The topological polar surface area (TPSA) is 43.1 Å². The molecule has 2 rings (SSSR count). The highest BCUT2D eigenvalue weighted by Gasteiger charge is 2.17. The van der Waals surface area contributed by atoms with Gasteiger partial charge in [0.1, 0.15) is 5.02 Å². The molecular formula is C11H7Cl2NO2S. The molecular weight excluding hydrogens is 281 g/mol. The van der Waals surface area contributed by atoms with Gasteiger partial charge in [0.05, 0.1) is 4.92 Å². The van der Waals surface area contributed by atoms with Crippen LogP contribution in [0, 0.1) is 10.1 Å². The van der Waals surface area contributed by atoms with Crippen LogP contribution < -0.4 is 0 Å². The van der Waals surface area contributed by atoms with Crippen molar-refractivity contribution in [3.05, 3.63) is 60.9 Å². The third kappa shape index (κ3) is 2.97. The van der Waals surface area contributed by atoms with Crippen LogP contribution in [0.2, 0.25) is 10.0 Å². The van der Waals surface area contributed by atoms with Gasteiger partial charge in [-0.2, -0.15) is 0 Å². The van der Waals surface area contributed by atoms with Crippen LogP contribution in [0.1, 0.15) is 10.4 Å². The van der Waals surface area contributed by atoms with Crippen molar-refractivity contribution < 1.29 is 4.92 Å². The van der Waals surface area contributed by atoms with Crippen LogP contribution in [0.3, 0.4) is 0 Å². The molecule has 3 nitrogen and oxygen atoms in total. The van der Waals surface area contributed by atoms with Crippen molar-refractivity contribution in [2.75, 3.05) is 0 Å². The molecule has 0 N–H and O–H groups in total. The van der Waals surface area contributed by atoms with Gasteiger partial charge in [-0.25, -0.2) is 0 Å². The summed E-state index contributed by atoms with van der Waals surface area (Å²) in [7, 11) is 0. The van der Waals surface area contributed by atoms with Crippen LogP contribution in [0.25, 0.3) is 0 Å². The van der Waals surface area contributed by atoms with E-state index < -0.39 is 4.92 Å². The molecule has 88 valence electrons. The van der Waals surface area contributed by atoms with Crippen molar-refractivity contribution in [1.82, 2.24) is 0 Å². The van der Waals surface area contributed by atoms with Crippen molar-refractivity contribution >= 4 is 39.5 Å². The van der Waals surface area contributed by atoms with E-state index in [1.165, 1.54) is 0 Å². The fourth-order valence-electron chi connectivity index (χ4n) is 1.42. The highest BCUT2D eigenvalue weighted by molar-refractivity contribution is 7.16. The van der Waals surface area contributed by atoms with Crippen LogP contribution in [0.4, 0.5) is 5.00 Å². The average molecular weight is 288 g/mol. The Morgan fingerprint density at radius 1 is 1.24 bits per heavy atom. The molecule has 0 amide bonds. The summed E-state index contributed by atoms with van der Waals surface area (Å²) in [5.41, 5.74) is 1.04. The molecule has 0 saturated carbocycles. The Hall–Kier alpha value is -1.10. The first-order chi connectivity index (χ1) is 8.06. The number of thiophene rings is 1. The number of nitro groups is 1. The van der Waals surface area contributed by atoms with Gasteiger partial charge in [0.2, 0.25) is 0 Å². The first-order valence-electron chi connectivity index (χ1n) is 4.73. The summed E-state index contributed by atoms with van der Waals surface area (Å²) in [5.74, 6) is 0. The lowest BCUT2D eigenvalue weighted by molar-refractivity contribution is -0.380. The van der Waals surface area contributed by atoms with E-state index in [-0.39, 0.29) is 10.0 Å². The second kappa shape index (κ2) is 5.04. The number of hydrogen-bond donors (Lipinski definition) is 0. The van der Waals surface area contributed by atoms with Crippen LogP contribution in [0.5, 0.6) is 0 Å². The molecule has 17 heavy (non-hydrogen) atoms. The summed E-state index contributed by atoms with van der Waals surface area (Å²) in [4.78, 5) is 11.1. The van der Waals surface area contributed by atoms with E-state index >= 15 is 0 Å². The Morgan fingerprint density at radius 2 is 1.88 bits per heavy atom. The highest BCUT2D eigenvalue weighted by atomic mass is 35.5. The molecule has 0 fully saturated rings. The van der Waals surface area contributed by atoms with Gasteiger partial charge >= 0.3 is 5.00 Å². The van der Waals surface area contributed by atoms with Gasteiger partial charge in [0, 0.05) is 16.3 Å². The molecule has 0 radical (unpaired) electrons. The summed E-state index contributed by atoms with van der Waals surface area (Å²) in [6.07, 6.45) is 0.620. The third-order valence-electron chi connectivity index (χ3n) is 2.18. The van der Waals surface area contributed by atoms with E-state index in [2.05, 4.69) is 0 Å². The van der Waals surface area contributed by atoms with Gasteiger partial charge < -0.3 is 0 Å². The lowest BCUT2D eigenvalue weighted by Crippen LogP contribution is -1.83. The second-order valence-electron chi connectivity index (χ2n) is 3.43. The number of rotatable bonds is 3. The molecule has 0 bridgehead atoms. The van der Waals surface area contributed by atoms with Gasteiger partial charge in [-0.05, 0) is 23.8 Å². The minimum absolute atomic E-state index is 0.00405. The van der Waals surface area contributed by atoms with E-state index in [1.807, 2.05) is 12.1 Å². The van der Waals surface area contributed by atoms with E-state index in [4.69, 9.17) is 23.2 Å². The molecule has 0 aliphatic carbocycles. The van der Waals surface area contributed by atoms with Gasteiger partial charge in [-0.3, -0.25) is 10.1 Å². The van der Waals surface area contributed by atoms with Crippen LogP contribution in [-0.4, -0.2) is 4.92 Å². The normalized spacial score (nSPS) is 10.5. The minimum atomic E-state index is -0.460. The van der Waals surface area contributed by atoms with Gasteiger partial charge in [-0.15, -0.1) is 0 Å². The maximum atomic E-state index is 10.6. The summed E-state index contributed by atoms with van der Waals surface area (Å²) >= 11 is 12.7. The quantitative estimate of drug-likeness (QED) is 0.614. The summed E-state index contributed by atoms with van der Waals surface area (Å²) in [5, 5.41) is 11.5. The van der Waals surface area contributed by atoms with Crippen LogP contribution >= 0.6 is 34.5 Å². The average Bonchev–Trinajstić information content (AvgIpc) is 2.63. The number of benzene rings is 1. The largest absolute Gasteiger partial charge is 0.342 e. The zero-order valence-electron chi connectivity index (χ0n) is 8.52. The molecule has 1 heterocycles. The molecule has 0 aliphatic rings. The fraction of sp³-hybridized carbons (Fsp3) is 0.0909. The smallest absolute Gasteiger partial charge is 0.257 e. The molecule has 1 aromatic heterocycles. The van der Waals surface area contributed by atoms with E-state index in [1.54, 1.807) is 18.2 Å². The zero-order valence-corrected chi connectivity index (χ0v) is 10.9. The molecule has 0 spiro atoms. The van der Waals surface area contributed by atoms with Crippen molar-refractivity contribution in [2.24, 2.45) is 0 Å². The molecule has 0 atom stereocenters. The number of halogens is 2. The monoisotopic (exact) mass is 287 g/mol.